The first-order valence-electron chi connectivity index (χ1n) is 9.53. The summed E-state index contributed by atoms with van der Waals surface area (Å²) in [5.74, 6) is 1.04. The van der Waals surface area contributed by atoms with E-state index in [4.69, 9.17) is 4.74 Å². The summed E-state index contributed by atoms with van der Waals surface area (Å²) in [7, 11) is 0. The predicted octanol–water partition coefficient (Wildman–Crippen LogP) is 4.15. The smallest absolute Gasteiger partial charge is 0.319 e. The van der Waals surface area contributed by atoms with Crippen LogP contribution in [0.2, 0.25) is 0 Å². The van der Waals surface area contributed by atoms with Crippen molar-refractivity contribution in [3.8, 4) is 5.75 Å². The Morgan fingerprint density at radius 2 is 1.71 bits per heavy atom. The molecule has 0 atom stereocenters. The Bertz CT molecular complexity index is 786. The first kappa shape index (κ1) is 21.3. The Kier molecular flexibility index (Phi) is 7.87. The van der Waals surface area contributed by atoms with Crippen molar-refractivity contribution in [3.63, 3.8) is 0 Å². The summed E-state index contributed by atoms with van der Waals surface area (Å²) >= 11 is 0. The van der Waals surface area contributed by atoms with E-state index in [1.54, 1.807) is 24.3 Å². The van der Waals surface area contributed by atoms with E-state index in [-0.39, 0.29) is 18.0 Å². The summed E-state index contributed by atoms with van der Waals surface area (Å²) in [5.41, 5.74) is 2.30. The van der Waals surface area contributed by atoms with Crippen LogP contribution in [-0.2, 0) is 0 Å². The molecule has 0 aliphatic carbocycles. The molecule has 0 spiro atoms. The fourth-order valence-corrected chi connectivity index (χ4v) is 2.55. The third kappa shape index (κ3) is 6.95. The van der Waals surface area contributed by atoms with Crippen LogP contribution in [0, 0.1) is 0 Å². The molecule has 2 aromatic carbocycles. The summed E-state index contributed by atoms with van der Waals surface area (Å²) in [6.45, 7) is 8.81. The van der Waals surface area contributed by atoms with Crippen LogP contribution in [0.15, 0.2) is 48.5 Å². The lowest BCUT2D eigenvalue weighted by atomic mass is 10.0. The van der Waals surface area contributed by atoms with Gasteiger partial charge in [-0.05, 0) is 55.7 Å². The zero-order valence-corrected chi connectivity index (χ0v) is 16.9. The first-order valence-corrected chi connectivity index (χ1v) is 9.53. The van der Waals surface area contributed by atoms with Gasteiger partial charge < -0.3 is 20.7 Å². The van der Waals surface area contributed by atoms with E-state index in [1.165, 1.54) is 5.56 Å². The number of carbonyl (C=O) groups is 2. The van der Waals surface area contributed by atoms with Gasteiger partial charge in [-0.2, -0.15) is 0 Å². The molecule has 0 heterocycles. The number of benzene rings is 2. The van der Waals surface area contributed by atoms with Crippen molar-refractivity contribution in [3.05, 3.63) is 59.7 Å². The fraction of sp³-hybridized carbons (Fsp3) is 0.364. The maximum atomic E-state index is 12.3. The van der Waals surface area contributed by atoms with E-state index in [0.29, 0.717) is 30.3 Å². The standard InChI is InChI=1S/C22H29N3O3/c1-15(2)17-8-10-20(11-9-17)28-13-12-23-21(26)18-6-5-7-19(14-18)25-22(27)24-16(3)4/h5-11,14-16H,12-13H2,1-4H3,(H,23,26)(H2,24,25,27). The molecule has 3 amide bonds. The molecule has 0 fully saturated rings. The minimum atomic E-state index is -0.301. The molecule has 0 bridgehead atoms. The zero-order valence-electron chi connectivity index (χ0n) is 16.9. The molecule has 6 nitrogen and oxygen atoms in total. The molecule has 28 heavy (non-hydrogen) atoms. The Morgan fingerprint density at radius 3 is 2.36 bits per heavy atom. The number of hydrogen-bond acceptors (Lipinski definition) is 3. The highest BCUT2D eigenvalue weighted by atomic mass is 16.5. The molecule has 0 radical (unpaired) electrons. The van der Waals surface area contributed by atoms with Crippen LogP contribution < -0.4 is 20.7 Å². The molecule has 0 unspecified atom stereocenters. The average Bonchev–Trinajstić information content (AvgIpc) is 2.65. The summed E-state index contributed by atoms with van der Waals surface area (Å²) in [6.07, 6.45) is 0. The summed E-state index contributed by atoms with van der Waals surface area (Å²) in [5, 5.41) is 8.27. The van der Waals surface area contributed by atoms with Gasteiger partial charge in [0.2, 0.25) is 0 Å². The molecule has 0 saturated heterocycles. The van der Waals surface area contributed by atoms with Gasteiger partial charge in [-0.1, -0.05) is 32.0 Å². The SMILES string of the molecule is CC(C)NC(=O)Nc1cccc(C(=O)NCCOc2ccc(C(C)C)cc2)c1. The van der Waals surface area contributed by atoms with Crippen molar-refractivity contribution in [1.29, 1.82) is 0 Å². The second-order valence-electron chi connectivity index (χ2n) is 7.16. The van der Waals surface area contributed by atoms with Crippen LogP contribution >= 0.6 is 0 Å². The van der Waals surface area contributed by atoms with Gasteiger partial charge in [-0.25, -0.2) is 4.79 Å². The minimum Gasteiger partial charge on any atom is -0.492 e. The van der Waals surface area contributed by atoms with Crippen molar-refractivity contribution in [2.45, 2.75) is 39.7 Å². The van der Waals surface area contributed by atoms with E-state index in [1.807, 2.05) is 38.1 Å². The van der Waals surface area contributed by atoms with Crippen LogP contribution in [0.1, 0.15) is 49.5 Å². The molecule has 0 saturated carbocycles. The second-order valence-corrected chi connectivity index (χ2v) is 7.16. The number of anilines is 1. The van der Waals surface area contributed by atoms with Crippen LogP contribution in [0.3, 0.4) is 0 Å². The quantitative estimate of drug-likeness (QED) is 0.599. The maximum absolute atomic E-state index is 12.3. The summed E-state index contributed by atoms with van der Waals surface area (Å²) in [6, 6.07) is 14.5. The van der Waals surface area contributed by atoms with Gasteiger partial charge in [0.1, 0.15) is 12.4 Å². The highest BCUT2D eigenvalue weighted by Crippen LogP contribution is 2.18. The molecular weight excluding hydrogens is 354 g/mol. The van der Waals surface area contributed by atoms with Crippen LogP contribution in [0.4, 0.5) is 10.5 Å². The van der Waals surface area contributed by atoms with Crippen LogP contribution in [0.25, 0.3) is 0 Å². The molecule has 0 aliphatic heterocycles. The topological polar surface area (TPSA) is 79.5 Å². The summed E-state index contributed by atoms with van der Waals surface area (Å²) in [4.78, 5) is 24.1. The largest absolute Gasteiger partial charge is 0.492 e. The number of urea groups is 1. The minimum absolute atomic E-state index is 0.0352. The Balaban J connectivity index is 1.79. The third-order valence-electron chi connectivity index (χ3n) is 4.01. The number of ether oxygens (including phenoxy) is 1. The Hall–Kier alpha value is -3.02. The van der Waals surface area contributed by atoms with Crippen molar-refractivity contribution in [2.75, 3.05) is 18.5 Å². The lowest BCUT2D eigenvalue weighted by molar-refractivity contribution is 0.0947. The normalized spacial score (nSPS) is 10.6. The van der Waals surface area contributed by atoms with Crippen molar-refractivity contribution < 1.29 is 14.3 Å². The second kappa shape index (κ2) is 10.3. The van der Waals surface area contributed by atoms with Gasteiger partial charge >= 0.3 is 6.03 Å². The summed E-state index contributed by atoms with van der Waals surface area (Å²) < 4.78 is 5.66. The molecule has 0 aliphatic rings. The van der Waals surface area contributed by atoms with Gasteiger partial charge in [0.05, 0.1) is 6.54 Å². The molecule has 0 aromatic heterocycles. The van der Waals surface area contributed by atoms with Crippen molar-refractivity contribution in [2.24, 2.45) is 0 Å². The number of rotatable bonds is 8. The van der Waals surface area contributed by atoms with E-state index in [2.05, 4.69) is 29.8 Å². The van der Waals surface area contributed by atoms with E-state index in [9.17, 15) is 9.59 Å². The Morgan fingerprint density at radius 1 is 1.00 bits per heavy atom. The van der Waals surface area contributed by atoms with Gasteiger partial charge in [-0.3, -0.25) is 4.79 Å². The number of nitrogens with one attached hydrogen (secondary N) is 3. The third-order valence-corrected chi connectivity index (χ3v) is 4.01. The average molecular weight is 383 g/mol. The van der Waals surface area contributed by atoms with Gasteiger partial charge in [0.15, 0.2) is 0 Å². The van der Waals surface area contributed by atoms with E-state index in [0.717, 1.165) is 5.75 Å². The first-order chi connectivity index (χ1) is 13.3. The monoisotopic (exact) mass is 383 g/mol. The van der Waals surface area contributed by atoms with Crippen molar-refractivity contribution in [1.82, 2.24) is 10.6 Å². The predicted molar refractivity (Wildman–Crippen MR) is 112 cm³/mol. The maximum Gasteiger partial charge on any atom is 0.319 e. The van der Waals surface area contributed by atoms with Gasteiger partial charge in [0.25, 0.3) is 5.91 Å². The van der Waals surface area contributed by atoms with Crippen LogP contribution in [-0.4, -0.2) is 31.1 Å². The van der Waals surface area contributed by atoms with Gasteiger partial charge in [0, 0.05) is 17.3 Å². The molecular formula is C22H29N3O3. The van der Waals surface area contributed by atoms with Crippen molar-refractivity contribution >= 4 is 17.6 Å². The van der Waals surface area contributed by atoms with E-state index >= 15 is 0 Å². The van der Waals surface area contributed by atoms with Crippen LogP contribution in [0.5, 0.6) is 5.75 Å². The molecule has 2 aromatic rings. The number of carbonyl (C=O) groups excluding carboxylic acids is 2. The molecule has 2 rings (SSSR count). The number of hydrogen-bond donors (Lipinski definition) is 3. The Labute approximate surface area is 166 Å². The highest BCUT2D eigenvalue weighted by Gasteiger charge is 2.08. The lowest BCUT2D eigenvalue weighted by Gasteiger charge is -2.12. The lowest BCUT2D eigenvalue weighted by Crippen LogP contribution is -2.34. The number of amides is 3. The highest BCUT2D eigenvalue weighted by molar-refractivity contribution is 5.96. The van der Waals surface area contributed by atoms with E-state index < -0.39 is 0 Å². The fourth-order valence-electron chi connectivity index (χ4n) is 2.55. The van der Waals surface area contributed by atoms with Gasteiger partial charge in [-0.15, -0.1) is 0 Å². The zero-order chi connectivity index (χ0) is 20.5. The molecule has 3 N–H and O–H groups in total. The molecule has 6 heteroatoms. The molecule has 150 valence electrons.